The van der Waals surface area contributed by atoms with Gasteiger partial charge in [-0.15, -0.1) is 0 Å². The molecule has 0 aliphatic carbocycles. The fourth-order valence-electron chi connectivity index (χ4n) is 1.21. The Morgan fingerprint density at radius 3 is 2.88 bits per heavy atom. The van der Waals surface area contributed by atoms with Crippen molar-refractivity contribution in [2.45, 2.75) is 20.3 Å². The van der Waals surface area contributed by atoms with Crippen LogP contribution in [0.3, 0.4) is 0 Å². The summed E-state index contributed by atoms with van der Waals surface area (Å²) in [7, 11) is 0. The fourth-order valence-corrected chi connectivity index (χ4v) is 1.21. The molecule has 1 N–H and O–H groups in total. The number of aryl methyl sites for hydroxylation is 1. The maximum atomic E-state index is 13.1. The summed E-state index contributed by atoms with van der Waals surface area (Å²) in [4.78, 5) is 11.1. The number of rotatable bonds is 5. The van der Waals surface area contributed by atoms with E-state index in [0.29, 0.717) is 17.9 Å². The van der Waals surface area contributed by atoms with Gasteiger partial charge in [0.15, 0.2) is 0 Å². The van der Waals surface area contributed by atoms with Crippen LogP contribution in [0.1, 0.15) is 18.9 Å². The topological polar surface area (TPSA) is 38.3 Å². The molecule has 0 spiro atoms. The molecule has 1 rings (SSSR count). The summed E-state index contributed by atoms with van der Waals surface area (Å²) in [6.07, 6.45) is 0.281. The van der Waals surface area contributed by atoms with E-state index in [9.17, 15) is 9.18 Å². The van der Waals surface area contributed by atoms with E-state index in [2.05, 4.69) is 5.32 Å². The molecule has 0 aliphatic heterocycles. The van der Waals surface area contributed by atoms with E-state index >= 15 is 0 Å². The molecule has 0 atom stereocenters. The molecular formula is C12H16FNO2. The molecule has 0 saturated carbocycles. The minimum Gasteiger partial charge on any atom is -0.493 e. The predicted octanol–water partition coefficient (Wildman–Crippen LogP) is 2.04. The number of nitrogens with one attached hydrogen (secondary N) is 1. The standard InChI is InChI=1S/C12H16FNO2/c1-3-14-12(15)6-7-16-10-5-4-9(2)11(13)8-10/h4-5,8H,3,6-7H2,1-2H3,(H,14,15). The van der Waals surface area contributed by atoms with Crippen molar-refractivity contribution in [3.05, 3.63) is 29.6 Å². The molecule has 88 valence electrons. The Hall–Kier alpha value is -1.58. The van der Waals surface area contributed by atoms with E-state index in [1.165, 1.54) is 6.07 Å². The molecule has 1 aromatic carbocycles. The first kappa shape index (κ1) is 12.5. The fraction of sp³-hybridized carbons (Fsp3) is 0.417. The molecule has 0 saturated heterocycles. The first-order valence-corrected chi connectivity index (χ1v) is 5.29. The molecule has 0 unspecified atom stereocenters. The summed E-state index contributed by atoms with van der Waals surface area (Å²) >= 11 is 0. The Kier molecular flexibility index (Phi) is 4.76. The first-order valence-electron chi connectivity index (χ1n) is 5.29. The minimum atomic E-state index is -0.296. The molecule has 0 aliphatic rings. The summed E-state index contributed by atoms with van der Waals surface area (Å²) in [6, 6.07) is 4.67. The van der Waals surface area contributed by atoms with Crippen molar-refractivity contribution in [3.8, 4) is 5.75 Å². The third kappa shape index (κ3) is 3.88. The molecule has 0 fully saturated rings. The van der Waals surface area contributed by atoms with E-state index in [1.54, 1.807) is 19.1 Å². The number of carbonyl (C=O) groups is 1. The van der Waals surface area contributed by atoms with Gasteiger partial charge >= 0.3 is 0 Å². The Balaban J connectivity index is 2.37. The Morgan fingerprint density at radius 2 is 2.25 bits per heavy atom. The molecule has 0 radical (unpaired) electrons. The smallest absolute Gasteiger partial charge is 0.223 e. The van der Waals surface area contributed by atoms with Crippen molar-refractivity contribution in [2.24, 2.45) is 0 Å². The van der Waals surface area contributed by atoms with Crippen LogP contribution in [0.2, 0.25) is 0 Å². The van der Waals surface area contributed by atoms with Crippen molar-refractivity contribution in [3.63, 3.8) is 0 Å². The van der Waals surface area contributed by atoms with E-state index < -0.39 is 0 Å². The number of halogens is 1. The average Bonchev–Trinajstić information content (AvgIpc) is 2.24. The lowest BCUT2D eigenvalue weighted by Crippen LogP contribution is -2.24. The van der Waals surface area contributed by atoms with Crippen LogP contribution in [0.5, 0.6) is 5.75 Å². The van der Waals surface area contributed by atoms with Crippen LogP contribution in [0, 0.1) is 12.7 Å². The van der Waals surface area contributed by atoms with E-state index in [-0.39, 0.29) is 24.8 Å². The highest BCUT2D eigenvalue weighted by Crippen LogP contribution is 2.15. The van der Waals surface area contributed by atoms with E-state index in [0.717, 1.165) is 0 Å². The van der Waals surface area contributed by atoms with Gasteiger partial charge in [-0.3, -0.25) is 4.79 Å². The quantitative estimate of drug-likeness (QED) is 0.832. The van der Waals surface area contributed by atoms with Crippen molar-refractivity contribution in [2.75, 3.05) is 13.2 Å². The molecular weight excluding hydrogens is 209 g/mol. The second kappa shape index (κ2) is 6.10. The highest BCUT2D eigenvalue weighted by atomic mass is 19.1. The van der Waals surface area contributed by atoms with Crippen molar-refractivity contribution in [1.29, 1.82) is 0 Å². The highest BCUT2D eigenvalue weighted by Gasteiger charge is 2.02. The van der Waals surface area contributed by atoms with Gasteiger partial charge in [0.1, 0.15) is 11.6 Å². The normalized spacial score (nSPS) is 9.94. The monoisotopic (exact) mass is 225 g/mol. The molecule has 3 nitrogen and oxygen atoms in total. The molecule has 0 bridgehead atoms. The van der Waals surface area contributed by atoms with Crippen molar-refractivity contribution < 1.29 is 13.9 Å². The number of hydrogen-bond acceptors (Lipinski definition) is 2. The number of hydrogen-bond donors (Lipinski definition) is 1. The molecule has 0 heterocycles. The van der Waals surface area contributed by atoms with Crippen LogP contribution in [0.15, 0.2) is 18.2 Å². The second-order valence-electron chi connectivity index (χ2n) is 3.46. The second-order valence-corrected chi connectivity index (χ2v) is 3.46. The average molecular weight is 225 g/mol. The van der Waals surface area contributed by atoms with Gasteiger partial charge in [0, 0.05) is 12.6 Å². The molecule has 1 amide bonds. The first-order chi connectivity index (χ1) is 7.63. The number of ether oxygens (including phenoxy) is 1. The molecule has 16 heavy (non-hydrogen) atoms. The molecule has 4 heteroatoms. The van der Waals surface area contributed by atoms with Crippen LogP contribution >= 0.6 is 0 Å². The summed E-state index contributed by atoms with van der Waals surface area (Å²) in [5, 5.41) is 2.66. The van der Waals surface area contributed by atoms with Crippen molar-refractivity contribution >= 4 is 5.91 Å². The van der Waals surface area contributed by atoms with Crippen LogP contribution < -0.4 is 10.1 Å². The van der Waals surface area contributed by atoms with Crippen LogP contribution in [0.4, 0.5) is 4.39 Å². The van der Waals surface area contributed by atoms with Gasteiger partial charge in [0.25, 0.3) is 0 Å². The highest BCUT2D eigenvalue weighted by molar-refractivity contribution is 5.75. The van der Waals surface area contributed by atoms with Gasteiger partial charge in [-0.05, 0) is 25.5 Å². The summed E-state index contributed by atoms with van der Waals surface area (Å²) in [6.45, 7) is 4.41. The van der Waals surface area contributed by atoms with Gasteiger partial charge in [-0.2, -0.15) is 0 Å². The third-order valence-corrected chi connectivity index (χ3v) is 2.12. The zero-order valence-electron chi connectivity index (χ0n) is 9.55. The van der Waals surface area contributed by atoms with Gasteiger partial charge in [-0.25, -0.2) is 4.39 Å². The summed E-state index contributed by atoms with van der Waals surface area (Å²) < 4.78 is 18.4. The van der Waals surface area contributed by atoms with E-state index in [4.69, 9.17) is 4.74 Å². The van der Waals surface area contributed by atoms with Crippen molar-refractivity contribution in [1.82, 2.24) is 5.32 Å². The predicted molar refractivity (Wildman–Crippen MR) is 59.9 cm³/mol. The maximum absolute atomic E-state index is 13.1. The lowest BCUT2D eigenvalue weighted by atomic mass is 10.2. The van der Waals surface area contributed by atoms with Crippen LogP contribution in [-0.2, 0) is 4.79 Å². The van der Waals surface area contributed by atoms with Gasteiger partial charge < -0.3 is 10.1 Å². The van der Waals surface area contributed by atoms with Gasteiger partial charge in [0.2, 0.25) is 5.91 Å². The van der Waals surface area contributed by atoms with Gasteiger partial charge in [-0.1, -0.05) is 6.07 Å². The zero-order valence-corrected chi connectivity index (χ0v) is 9.55. The van der Waals surface area contributed by atoms with Crippen LogP contribution in [0.25, 0.3) is 0 Å². The summed E-state index contributed by atoms with van der Waals surface area (Å²) in [5.41, 5.74) is 0.580. The lowest BCUT2D eigenvalue weighted by Gasteiger charge is -2.07. The molecule has 0 aromatic heterocycles. The number of carbonyl (C=O) groups excluding carboxylic acids is 1. The Bertz CT molecular complexity index is 366. The largest absolute Gasteiger partial charge is 0.493 e. The SMILES string of the molecule is CCNC(=O)CCOc1ccc(C)c(F)c1. The molecule has 1 aromatic rings. The minimum absolute atomic E-state index is 0.0601. The number of amides is 1. The number of benzene rings is 1. The summed E-state index contributed by atoms with van der Waals surface area (Å²) in [5.74, 6) is 0.0954. The lowest BCUT2D eigenvalue weighted by molar-refractivity contribution is -0.121. The van der Waals surface area contributed by atoms with Gasteiger partial charge in [0.05, 0.1) is 13.0 Å². The van der Waals surface area contributed by atoms with E-state index in [1.807, 2.05) is 6.92 Å². The maximum Gasteiger partial charge on any atom is 0.223 e. The zero-order chi connectivity index (χ0) is 12.0. The Labute approximate surface area is 94.6 Å². The Morgan fingerprint density at radius 1 is 1.50 bits per heavy atom. The third-order valence-electron chi connectivity index (χ3n) is 2.12. The van der Waals surface area contributed by atoms with Crippen LogP contribution in [-0.4, -0.2) is 19.1 Å².